The summed E-state index contributed by atoms with van der Waals surface area (Å²) in [7, 11) is 0. The molecular weight excluding hydrogens is 226 g/mol. The summed E-state index contributed by atoms with van der Waals surface area (Å²) in [6.07, 6.45) is 1.74. The highest BCUT2D eigenvalue weighted by molar-refractivity contribution is 9.10. The molecule has 0 saturated heterocycles. The van der Waals surface area contributed by atoms with Gasteiger partial charge >= 0.3 is 0 Å². The molecule has 0 aliphatic rings. The van der Waals surface area contributed by atoms with Crippen LogP contribution in [0.1, 0.15) is 11.9 Å². The second-order valence-electron chi connectivity index (χ2n) is 2.05. The summed E-state index contributed by atoms with van der Waals surface area (Å²) in [6, 6.07) is 0. The predicted octanol–water partition coefficient (Wildman–Crippen LogP) is 2.30. The third-order valence-electron chi connectivity index (χ3n) is 1.21. The summed E-state index contributed by atoms with van der Waals surface area (Å²) < 4.78 is 0.850. The number of aromatic nitrogens is 1. The SMILES string of the molecule is C/C(=C\CO)c1nc(Br)cs1. The molecule has 0 amide bonds. The lowest BCUT2D eigenvalue weighted by atomic mass is 10.3. The quantitative estimate of drug-likeness (QED) is 0.851. The first-order chi connectivity index (χ1) is 5.24. The van der Waals surface area contributed by atoms with E-state index in [1.807, 2.05) is 12.3 Å². The van der Waals surface area contributed by atoms with E-state index in [9.17, 15) is 0 Å². The van der Waals surface area contributed by atoms with Crippen LogP contribution in [0, 0.1) is 0 Å². The van der Waals surface area contributed by atoms with Crippen molar-refractivity contribution >= 4 is 32.8 Å². The van der Waals surface area contributed by atoms with Gasteiger partial charge in [0.25, 0.3) is 0 Å². The minimum Gasteiger partial charge on any atom is -0.392 e. The fourth-order valence-electron chi connectivity index (χ4n) is 0.660. The van der Waals surface area contributed by atoms with Crippen molar-refractivity contribution in [1.29, 1.82) is 0 Å². The van der Waals surface area contributed by atoms with Crippen LogP contribution in [0.4, 0.5) is 0 Å². The Bertz CT molecular complexity index is 269. The molecule has 0 spiro atoms. The molecular formula is C7H8BrNOS. The number of aliphatic hydroxyl groups excluding tert-OH is 1. The fraction of sp³-hybridized carbons (Fsp3) is 0.286. The monoisotopic (exact) mass is 233 g/mol. The lowest BCUT2D eigenvalue weighted by Gasteiger charge is -1.91. The summed E-state index contributed by atoms with van der Waals surface area (Å²) in [6.45, 7) is 2.00. The normalized spacial score (nSPS) is 12.1. The minimum atomic E-state index is 0.0725. The Morgan fingerprint density at radius 2 is 2.64 bits per heavy atom. The zero-order chi connectivity index (χ0) is 8.27. The first kappa shape index (κ1) is 8.90. The van der Waals surface area contributed by atoms with E-state index in [4.69, 9.17) is 5.11 Å². The van der Waals surface area contributed by atoms with Crippen LogP contribution in [0.25, 0.3) is 5.57 Å². The van der Waals surface area contributed by atoms with Crippen LogP contribution in [0.3, 0.4) is 0 Å². The van der Waals surface area contributed by atoms with Gasteiger partial charge in [0.05, 0.1) is 6.61 Å². The van der Waals surface area contributed by atoms with Crippen molar-refractivity contribution in [2.45, 2.75) is 6.92 Å². The van der Waals surface area contributed by atoms with Crippen LogP contribution in [0.5, 0.6) is 0 Å². The highest BCUT2D eigenvalue weighted by atomic mass is 79.9. The number of rotatable bonds is 2. The number of thiazole rings is 1. The summed E-state index contributed by atoms with van der Waals surface area (Å²) in [5.74, 6) is 0. The molecule has 1 aromatic heterocycles. The zero-order valence-electron chi connectivity index (χ0n) is 6.04. The van der Waals surface area contributed by atoms with Gasteiger partial charge in [0.1, 0.15) is 9.61 Å². The van der Waals surface area contributed by atoms with E-state index in [1.165, 1.54) is 0 Å². The van der Waals surface area contributed by atoms with E-state index in [1.54, 1.807) is 17.4 Å². The van der Waals surface area contributed by atoms with E-state index in [-0.39, 0.29) is 6.61 Å². The molecule has 2 nitrogen and oxygen atoms in total. The van der Waals surface area contributed by atoms with Crippen LogP contribution in [0.15, 0.2) is 16.1 Å². The Labute approximate surface area is 77.7 Å². The van der Waals surface area contributed by atoms with E-state index < -0.39 is 0 Å². The Balaban J connectivity index is 2.84. The number of hydrogen-bond acceptors (Lipinski definition) is 3. The number of hydrogen-bond donors (Lipinski definition) is 1. The third kappa shape index (κ3) is 2.39. The molecule has 0 atom stereocenters. The maximum atomic E-state index is 8.59. The van der Waals surface area contributed by atoms with Gasteiger partial charge in [0.2, 0.25) is 0 Å². The van der Waals surface area contributed by atoms with Crippen molar-refractivity contribution in [3.05, 3.63) is 21.1 Å². The highest BCUT2D eigenvalue weighted by Crippen LogP contribution is 2.21. The molecule has 1 heterocycles. The number of allylic oxidation sites excluding steroid dienone is 1. The molecule has 0 radical (unpaired) electrons. The predicted molar refractivity (Wildman–Crippen MR) is 50.6 cm³/mol. The van der Waals surface area contributed by atoms with Crippen LogP contribution >= 0.6 is 27.3 Å². The van der Waals surface area contributed by atoms with Crippen molar-refractivity contribution < 1.29 is 5.11 Å². The van der Waals surface area contributed by atoms with Gasteiger partial charge in [-0.2, -0.15) is 0 Å². The third-order valence-corrected chi connectivity index (χ3v) is 2.90. The van der Waals surface area contributed by atoms with Crippen LogP contribution < -0.4 is 0 Å². The van der Waals surface area contributed by atoms with E-state index in [2.05, 4.69) is 20.9 Å². The van der Waals surface area contributed by atoms with Crippen LogP contribution in [-0.4, -0.2) is 16.7 Å². The second kappa shape index (κ2) is 3.99. The molecule has 1 aromatic rings. The molecule has 0 fully saturated rings. The molecule has 11 heavy (non-hydrogen) atoms. The lowest BCUT2D eigenvalue weighted by molar-refractivity contribution is 0.343. The average molecular weight is 234 g/mol. The summed E-state index contributed by atoms with van der Waals surface area (Å²) in [5.41, 5.74) is 1.02. The van der Waals surface area contributed by atoms with Gasteiger partial charge in [-0.25, -0.2) is 4.98 Å². The molecule has 0 aromatic carbocycles. The first-order valence-electron chi connectivity index (χ1n) is 3.13. The lowest BCUT2D eigenvalue weighted by Crippen LogP contribution is -1.80. The standard InChI is InChI=1S/C7H8BrNOS/c1-5(2-3-10)7-9-6(8)4-11-7/h2,4,10H,3H2,1H3/b5-2+. The summed E-state index contributed by atoms with van der Waals surface area (Å²) in [5, 5.41) is 11.5. The molecule has 60 valence electrons. The smallest absolute Gasteiger partial charge is 0.120 e. The van der Waals surface area contributed by atoms with Crippen molar-refractivity contribution in [3.63, 3.8) is 0 Å². The van der Waals surface area contributed by atoms with Crippen molar-refractivity contribution in [3.8, 4) is 0 Å². The van der Waals surface area contributed by atoms with Gasteiger partial charge in [-0.15, -0.1) is 11.3 Å². The van der Waals surface area contributed by atoms with Gasteiger partial charge in [0.15, 0.2) is 0 Å². The average Bonchev–Trinajstić information content (AvgIpc) is 2.36. The summed E-state index contributed by atoms with van der Waals surface area (Å²) in [4.78, 5) is 4.19. The molecule has 1 rings (SSSR count). The topological polar surface area (TPSA) is 33.1 Å². The second-order valence-corrected chi connectivity index (χ2v) is 3.72. The van der Waals surface area contributed by atoms with Gasteiger partial charge in [0, 0.05) is 5.38 Å². The van der Waals surface area contributed by atoms with E-state index in [0.29, 0.717) is 0 Å². The Morgan fingerprint density at radius 1 is 1.91 bits per heavy atom. The van der Waals surface area contributed by atoms with Crippen LogP contribution in [-0.2, 0) is 0 Å². The molecule has 0 saturated carbocycles. The largest absolute Gasteiger partial charge is 0.392 e. The fourth-order valence-corrected chi connectivity index (χ4v) is 1.92. The minimum absolute atomic E-state index is 0.0725. The molecule has 0 bridgehead atoms. The Kier molecular flexibility index (Phi) is 3.23. The van der Waals surface area contributed by atoms with Gasteiger partial charge in [-0.3, -0.25) is 0 Å². The Morgan fingerprint density at radius 3 is 3.09 bits per heavy atom. The van der Waals surface area contributed by atoms with Crippen molar-refractivity contribution in [2.24, 2.45) is 0 Å². The van der Waals surface area contributed by atoms with E-state index in [0.717, 1.165) is 15.2 Å². The van der Waals surface area contributed by atoms with Gasteiger partial charge in [-0.05, 0) is 28.4 Å². The summed E-state index contributed by atoms with van der Waals surface area (Å²) >= 11 is 4.82. The highest BCUT2D eigenvalue weighted by Gasteiger charge is 1.99. The maximum absolute atomic E-state index is 8.59. The maximum Gasteiger partial charge on any atom is 0.120 e. The number of nitrogens with zero attached hydrogens (tertiary/aromatic N) is 1. The number of halogens is 1. The molecule has 0 unspecified atom stereocenters. The van der Waals surface area contributed by atoms with Crippen molar-refractivity contribution in [2.75, 3.05) is 6.61 Å². The van der Waals surface area contributed by atoms with Crippen molar-refractivity contribution in [1.82, 2.24) is 4.98 Å². The molecule has 0 aliphatic heterocycles. The van der Waals surface area contributed by atoms with Crippen LogP contribution in [0.2, 0.25) is 0 Å². The molecule has 1 N–H and O–H groups in total. The molecule has 0 aliphatic carbocycles. The van der Waals surface area contributed by atoms with E-state index >= 15 is 0 Å². The molecule has 4 heteroatoms. The first-order valence-corrected chi connectivity index (χ1v) is 4.80. The van der Waals surface area contributed by atoms with Gasteiger partial charge < -0.3 is 5.11 Å². The zero-order valence-corrected chi connectivity index (χ0v) is 8.44. The number of aliphatic hydroxyl groups is 1. The Hall–Kier alpha value is -0.190. The van der Waals surface area contributed by atoms with Gasteiger partial charge in [-0.1, -0.05) is 6.08 Å².